The molecule has 0 aromatic rings. The number of hydrogen-bond donors (Lipinski definition) is 1. The van der Waals surface area contributed by atoms with Crippen LogP contribution >= 0.6 is 0 Å². The number of hydrogen-bond acceptors (Lipinski definition) is 2. The van der Waals surface area contributed by atoms with E-state index in [9.17, 15) is 0 Å². The fourth-order valence-corrected chi connectivity index (χ4v) is 2.57. The van der Waals surface area contributed by atoms with Crippen molar-refractivity contribution >= 4 is 0 Å². The molecule has 1 aliphatic heterocycles. The second-order valence-corrected chi connectivity index (χ2v) is 5.25. The monoisotopic (exact) mass is 226 g/mol. The molecule has 2 unspecified atom stereocenters. The summed E-state index contributed by atoms with van der Waals surface area (Å²) in [6.45, 7) is 10.7. The third kappa shape index (κ3) is 4.84. The first-order valence-corrected chi connectivity index (χ1v) is 7.25. The topological polar surface area (TPSA) is 15.3 Å². The summed E-state index contributed by atoms with van der Waals surface area (Å²) in [5.41, 5.74) is 0. The second kappa shape index (κ2) is 8.08. The standard InChI is InChI=1S/C14H30N2/c1-4-6-7-8-9-13(3)16-11-10-15-14(5-2)12-16/h13-15H,4-12H2,1-3H3. The molecule has 0 amide bonds. The zero-order valence-corrected chi connectivity index (χ0v) is 11.5. The maximum absolute atomic E-state index is 3.59. The van der Waals surface area contributed by atoms with Crippen LogP contribution in [0.3, 0.4) is 0 Å². The van der Waals surface area contributed by atoms with Crippen LogP contribution in [0.25, 0.3) is 0 Å². The predicted molar refractivity (Wildman–Crippen MR) is 71.9 cm³/mol. The van der Waals surface area contributed by atoms with Gasteiger partial charge in [0.1, 0.15) is 0 Å². The van der Waals surface area contributed by atoms with E-state index in [2.05, 4.69) is 31.0 Å². The lowest BCUT2D eigenvalue weighted by atomic mass is 10.0. The lowest BCUT2D eigenvalue weighted by molar-refractivity contribution is 0.142. The number of rotatable bonds is 7. The molecule has 0 radical (unpaired) electrons. The van der Waals surface area contributed by atoms with Crippen molar-refractivity contribution in [3.05, 3.63) is 0 Å². The Morgan fingerprint density at radius 2 is 2.06 bits per heavy atom. The van der Waals surface area contributed by atoms with Gasteiger partial charge in [-0.25, -0.2) is 0 Å². The highest BCUT2D eigenvalue weighted by Gasteiger charge is 2.21. The molecule has 1 N–H and O–H groups in total. The van der Waals surface area contributed by atoms with Gasteiger partial charge in [0, 0.05) is 31.7 Å². The summed E-state index contributed by atoms with van der Waals surface area (Å²) in [7, 11) is 0. The van der Waals surface area contributed by atoms with Gasteiger partial charge in [-0.2, -0.15) is 0 Å². The van der Waals surface area contributed by atoms with Crippen LogP contribution < -0.4 is 5.32 Å². The van der Waals surface area contributed by atoms with E-state index in [1.54, 1.807) is 0 Å². The quantitative estimate of drug-likeness (QED) is 0.671. The van der Waals surface area contributed by atoms with E-state index in [1.807, 2.05) is 0 Å². The minimum Gasteiger partial charge on any atom is -0.311 e. The second-order valence-electron chi connectivity index (χ2n) is 5.25. The molecule has 16 heavy (non-hydrogen) atoms. The smallest absolute Gasteiger partial charge is 0.0193 e. The Kier molecular flexibility index (Phi) is 7.06. The van der Waals surface area contributed by atoms with Gasteiger partial charge < -0.3 is 5.32 Å². The molecule has 1 rings (SSSR count). The third-order valence-corrected chi connectivity index (χ3v) is 3.88. The molecule has 2 atom stereocenters. The van der Waals surface area contributed by atoms with E-state index in [1.165, 1.54) is 58.2 Å². The normalized spacial score (nSPS) is 24.6. The van der Waals surface area contributed by atoms with Crippen LogP contribution in [-0.4, -0.2) is 36.6 Å². The predicted octanol–water partition coefficient (Wildman–Crippen LogP) is 3.03. The Bertz CT molecular complexity index is 170. The van der Waals surface area contributed by atoms with E-state index in [0.29, 0.717) is 0 Å². The molecule has 2 heteroatoms. The van der Waals surface area contributed by atoms with Crippen LogP contribution in [0.4, 0.5) is 0 Å². The maximum atomic E-state index is 3.59. The Hall–Kier alpha value is -0.0800. The minimum absolute atomic E-state index is 0.729. The summed E-state index contributed by atoms with van der Waals surface area (Å²) in [6, 6.07) is 1.51. The largest absolute Gasteiger partial charge is 0.311 e. The van der Waals surface area contributed by atoms with E-state index < -0.39 is 0 Å². The average molecular weight is 226 g/mol. The molecule has 2 nitrogen and oxygen atoms in total. The average Bonchev–Trinajstić information content (AvgIpc) is 2.34. The molecule has 0 aromatic carbocycles. The fourth-order valence-electron chi connectivity index (χ4n) is 2.57. The SMILES string of the molecule is CCCCCCC(C)N1CCNC(CC)C1. The Balaban J connectivity index is 2.16. The molecule has 0 spiro atoms. The molecule has 0 aliphatic carbocycles. The van der Waals surface area contributed by atoms with Gasteiger partial charge >= 0.3 is 0 Å². The lowest BCUT2D eigenvalue weighted by Crippen LogP contribution is -2.53. The summed E-state index contributed by atoms with van der Waals surface area (Å²) >= 11 is 0. The van der Waals surface area contributed by atoms with Crippen LogP contribution in [-0.2, 0) is 0 Å². The Morgan fingerprint density at radius 3 is 2.75 bits per heavy atom. The lowest BCUT2D eigenvalue weighted by Gasteiger charge is -2.37. The van der Waals surface area contributed by atoms with Crippen LogP contribution in [0.5, 0.6) is 0 Å². The van der Waals surface area contributed by atoms with E-state index in [0.717, 1.165) is 12.1 Å². The molecule has 1 heterocycles. The zero-order valence-electron chi connectivity index (χ0n) is 11.5. The number of unbranched alkanes of at least 4 members (excludes halogenated alkanes) is 3. The highest BCUT2D eigenvalue weighted by atomic mass is 15.2. The van der Waals surface area contributed by atoms with E-state index >= 15 is 0 Å². The van der Waals surface area contributed by atoms with Crippen molar-refractivity contribution in [1.29, 1.82) is 0 Å². The highest BCUT2D eigenvalue weighted by Crippen LogP contribution is 2.13. The first-order chi connectivity index (χ1) is 7.77. The van der Waals surface area contributed by atoms with Crippen LogP contribution in [0.15, 0.2) is 0 Å². The summed E-state index contributed by atoms with van der Waals surface area (Å²) in [5.74, 6) is 0. The molecule has 1 aliphatic rings. The molecule has 0 saturated carbocycles. The minimum atomic E-state index is 0.729. The van der Waals surface area contributed by atoms with Gasteiger partial charge in [-0.05, 0) is 19.8 Å². The molecular formula is C14H30N2. The molecule has 96 valence electrons. The Labute approximate surface area is 102 Å². The van der Waals surface area contributed by atoms with Gasteiger partial charge in [-0.3, -0.25) is 4.90 Å². The summed E-state index contributed by atoms with van der Waals surface area (Å²) < 4.78 is 0. The number of nitrogens with one attached hydrogen (secondary N) is 1. The highest BCUT2D eigenvalue weighted by molar-refractivity contribution is 4.80. The number of nitrogens with zero attached hydrogens (tertiary/aromatic N) is 1. The Morgan fingerprint density at radius 1 is 1.25 bits per heavy atom. The van der Waals surface area contributed by atoms with E-state index in [-0.39, 0.29) is 0 Å². The number of piperazine rings is 1. The fraction of sp³-hybridized carbons (Fsp3) is 1.00. The van der Waals surface area contributed by atoms with Crippen molar-refractivity contribution in [2.24, 2.45) is 0 Å². The summed E-state index contributed by atoms with van der Waals surface area (Å²) in [4.78, 5) is 2.68. The van der Waals surface area contributed by atoms with Crippen molar-refractivity contribution in [3.63, 3.8) is 0 Å². The van der Waals surface area contributed by atoms with Crippen molar-refractivity contribution < 1.29 is 0 Å². The van der Waals surface area contributed by atoms with Crippen molar-refractivity contribution in [3.8, 4) is 0 Å². The van der Waals surface area contributed by atoms with Gasteiger partial charge in [0.05, 0.1) is 0 Å². The molecule has 1 saturated heterocycles. The molecular weight excluding hydrogens is 196 g/mol. The molecule has 0 aromatic heterocycles. The summed E-state index contributed by atoms with van der Waals surface area (Å²) in [6.07, 6.45) is 8.24. The van der Waals surface area contributed by atoms with E-state index in [4.69, 9.17) is 0 Å². The van der Waals surface area contributed by atoms with Crippen molar-refractivity contribution in [1.82, 2.24) is 10.2 Å². The third-order valence-electron chi connectivity index (χ3n) is 3.88. The van der Waals surface area contributed by atoms with Crippen LogP contribution in [0.2, 0.25) is 0 Å². The van der Waals surface area contributed by atoms with Crippen LogP contribution in [0.1, 0.15) is 59.3 Å². The van der Waals surface area contributed by atoms with Gasteiger partial charge in [0.25, 0.3) is 0 Å². The van der Waals surface area contributed by atoms with Crippen molar-refractivity contribution in [2.45, 2.75) is 71.4 Å². The van der Waals surface area contributed by atoms with Gasteiger partial charge in [0.2, 0.25) is 0 Å². The first kappa shape index (κ1) is 14.0. The molecule has 1 fully saturated rings. The van der Waals surface area contributed by atoms with Gasteiger partial charge in [-0.1, -0.05) is 39.5 Å². The molecule has 0 bridgehead atoms. The zero-order chi connectivity index (χ0) is 11.8. The van der Waals surface area contributed by atoms with Gasteiger partial charge in [0.15, 0.2) is 0 Å². The van der Waals surface area contributed by atoms with Crippen LogP contribution in [0, 0.1) is 0 Å². The van der Waals surface area contributed by atoms with Crippen molar-refractivity contribution in [2.75, 3.05) is 19.6 Å². The van der Waals surface area contributed by atoms with Gasteiger partial charge in [-0.15, -0.1) is 0 Å². The first-order valence-electron chi connectivity index (χ1n) is 7.25. The maximum Gasteiger partial charge on any atom is 0.0193 e. The summed E-state index contributed by atoms with van der Waals surface area (Å²) in [5, 5.41) is 3.59.